The molecule has 1 aliphatic rings. The number of aryl methyl sites for hydroxylation is 1. The lowest BCUT2D eigenvalue weighted by atomic mass is 9.63. The van der Waals surface area contributed by atoms with Crippen molar-refractivity contribution in [3.8, 4) is 0 Å². The standard InChI is InChI=1S/C14H24N2O/c1-4-16-11-12(10-15-16)9-14(17)8-6-5-7-13(14,2)3/h10-11,17H,4-9H2,1-3H3. The summed E-state index contributed by atoms with van der Waals surface area (Å²) in [5, 5.41) is 15.2. The first-order chi connectivity index (χ1) is 7.97. The first-order valence-electron chi connectivity index (χ1n) is 6.70. The lowest BCUT2D eigenvalue weighted by Crippen LogP contribution is -2.48. The van der Waals surface area contributed by atoms with E-state index in [1.54, 1.807) is 0 Å². The summed E-state index contributed by atoms with van der Waals surface area (Å²) in [7, 11) is 0. The predicted molar refractivity (Wildman–Crippen MR) is 68.8 cm³/mol. The summed E-state index contributed by atoms with van der Waals surface area (Å²) < 4.78 is 1.93. The Morgan fingerprint density at radius 1 is 1.35 bits per heavy atom. The zero-order valence-corrected chi connectivity index (χ0v) is 11.2. The van der Waals surface area contributed by atoms with E-state index in [-0.39, 0.29) is 5.41 Å². The molecule has 3 heteroatoms. The molecule has 1 atom stereocenters. The summed E-state index contributed by atoms with van der Waals surface area (Å²) in [6.07, 6.45) is 9.10. The zero-order chi connectivity index (χ0) is 12.5. The summed E-state index contributed by atoms with van der Waals surface area (Å²) in [5.74, 6) is 0. The summed E-state index contributed by atoms with van der Waals surface area (Å²) in [5.41, 5.74) is 0.608. The number of hydrogen-bond acceptors (Lipinski definition) is 2. The highest BCUT2D eigenvalue weighted by molar-refractivity contribution is 5.12. The summed E-state index contributed by atoms with van der Waals surface area (Å²) in [6, 6.07) is 0. The summed E-state index contributed by atoms with van der Waals surface area (Å²) >= 11 is 0. The van der Waals surface area contributed by atoms with Crippen LogP contribution in [-0.4, -0.2) is 20.5 Å². The summed E-state index contributed by atoms with van der Waals surface area (Å²) in [4.78, 5) is 0. The van der Waals surface area contributed by atoms with Crippen molar-refractivity contribution < 1.29 is 5.11 Å². The predicted octanol–water partition coefficient (Wildman–Crippen LogP) is 2.78. The molecule has 1 unspecified atom stereocenters. The van der Waals surface area contributed by atoms with Gasteiger partial charge in [0.15, 0.2) is 0 Å². The van der Waals surface area contributed by atoms with Crippen LogP contribution in [0.3, 0.4) is 0 Å². The minimum absolute atomic E-state index is 0.0135. The van der Waals surface area contributed by atoms with Crippen molar-refractivity contribution in [2.75, 3.05) is 0 Å². The van der Waals surface area contributed by atoms with Crippen LogP contribution >= 0.6 is 0 Å². The SMILES string of the molecule is CCn1cc(CC2(O)CCCCC2(C)C)cn1. The number of nitrogens with zero attached hydrogens (tertiary/aromatic N) is 2. The summed E-state index contributed by atoms with van der Waals surface area (Å²) in [6.45, 7) is 7.35. The lowest BCUT2D eigenvalue weighted by Gasteiger charge is -2.46. The second-order valence-corrected chi connectivity index (χ2v) is 6.00. The van der Waals surface area contributed by atoms with E-state index in [2.05, 4.69) is 32.1 Å². The molecule has 0 saturated heterocycles. The van der Waals surface area contributed by atoms with Crippen molar-refractivity contribution in [1.29, 1.82) is 0 Å². The molecular weight excluding hydrogens is 212 g/mol. The topological polar surface area (TPSA) is 38.0 Å². The van der Waals surface area contributed by atoms with E-state index < -0.39 is 5.60 Å². The smallest absolute Gasteiger partial charge is 0.0739 e. The largest absolute Gasteiger partial charge is 0.389 e. The average molecular weight is 236 g/mol. The van der Waals surface area contributed by atoms with Gasteiger partial charge in [-0.15, -0.1) is 0 Å². The van der Waals surface area contributed by atoms with Crippen LogP contribution in [0.25, 0.3) is 0 Å². The Bertz CT molecular complexity index is 383. The van der Waals surface area contributed by atoms with Gasteiger partial charge in [0.1, 0.15) is 0 Å². The van der Waals surface area contributed by atoms with Crippen molar-refractivity contribution in [3.05, 3.63) is 18.0 Å². The maximum absolute atomic E-state index is 10.9. The second kappa shape index (κ2) is 4.45. The van der Waals surface area contributed by atoms with Gasteiger partial charge in [0.25, 0.3) is 0 Å². The van der Waals surface area contributed by atoms with Gasteiger partial charge in [0, 0.05) is 19.2 Å². The van der Waals surface area contributed by atoms with Crippen molar-refractivity contribution in [3.63, 3.8) is 0 Å². The lowest BCUT2D eigenvalue weighted by molar-refractivity contribution is -0.0958. The quantitative estimate of drug-likeness (QED) is 0.876. The second-order valence-electron chi connectivity index (χ2n) is 6.00. The van der Waals surface area contributed by atoms with Gasteiger partial charge in [-0.3, -0.25) is 4.68 Å². The Hall–Kier alpha value is -0.830. The molecule has 1 fully saturated rings. The fraction of sp³-hybridized carbons (Fsp3) is 0.786. The van der Waals surface area contributed by atoms with Crippen LogP contribution in [0.2, 0.25) is 0 Å². The van der Waals surface area contributed by atoms with Crippen molar-refractivity contribution in [2.45, 2.75) is 65.0 Å². The van der Waals surface area contributed by atoms with Crippen LogP contribution in [0.4, 0.5) is 0 Å². The molecule has 2 rings (SSSR count). The molecule has 0 amide bonds. The Morgan fingerprint density at radius 2 is 2.06 bits per heavy atom. The molecule has 17 heavy (non-hydrogen) atoms. The molecule has 0 aromatic carbocycles. The molecule has 0 aliphatic heterocycles. The number of aromatic nitrogens is 2. The van der Waals surface area contributed by atoms with Crippen LogP contribution in [-0.2, 0) is 13.0 Å². The molecule has 3 nitrogen and oxygen atoms in total. The van der Waals surface area contributed by atoms with Gasteiger partial charge in [-0.2, -0.15) is 5.10 Å². The third-order valence-electron chi connectivity index (χ3n) is 4.41. The average Bonchev–Trinajstić information content (AvgIpc) is 2.70. The van der Waals surface area contributed by atoms with Crippen LogP contribution < -0.4 is 0 Å². The Kier molecular flexibility index (Phi) is 3.30. The van der Waals surface area contributed by atoms with Gasteiger partial charge in [-0.1, -0.05) is 26.7 Å². The minimum Gasteiger partial charge on any atom is -0.389 e. The highest BCUT2D eigenvalue weighted by Crippen LogP contribution is 2.45. The van der Waals surface area contributed by atoms with E-state index in [1.807, 2.05) is 10.9 Å². The molecule has 1 aliphatic carbocycles. The molecule has 0 spiro atoms. The van der Waals surface area contributed by atoms with Crippen molar-refractivity contribution >= 4 is 0 Å². The third-order valence-corrected chi connectivity index (χ3v) is 4.41. The Labute approximate surface area is 104 Å². The Balaban J connectivity index is 2.15. The monoisotopic (exact) mass is 236 g/mol. The minimum atomic E-state index is -0.563. The fourth-order valence-electron chi connectivity index (χ4n) is 2.89. The van der Waals surface area contributed by atoms with Gasteiger partial charge in [0.05, 0.1) is 11.8 Å². The molecule has 1 aromatic rings. The van der Waals surface area contributed by atoms with E-state index >= 15 is 0 Å². The molecule has 1 heterocycles. The molecule has 0 bridgehead atoms. The fourth-order valence-corrected chi connectivity index (χ4v) is 2.89. The maximum Gasteiger partial charge on any atom is 0.0739 e. The normalized spacial score (nSPS) is 28.2. The van der Waals surface area contributed by atoms with E-state index in [1.165, 1.54) is 6.42 Å². The van der Waals surface area contributed by atoms with E-state index in [9.17, 15) is 5.11 Å². The van der Waals surface area contributed by atoms with Crippen LogP contribution in [0.15, 0.2) is 12.4 Å². The molecule has 0 radical (unpaired) electrons. The molecule has 1 N–H and O–H groups in total. The van der Waals surface area contributed by atoms with E-state index in [0.29, 0.717) is 0 Å². The van der Waals surface area contributed by atoms with Gasteiger partial charge in [-0.25, -0.2) is 0 Å². The van der Waals surface area contributed by atoms with Crippen LogP contribution in [0.1, 0.15) is 52.0 Å². The van der Waals surface area contributed by atoms with Crippen LogP contribution in [0, 0.1) is 5.41 Å². The van der Waals surface area contributed by atoms with Gasteiger partial charge >= 0.3 is 0 Å². The highest BCUT2D eigenvalue weighted by Gasteiger charge is 2.45. The number of aliphatic hydroxyl groups is 1. The first-order valence-corrected chi connectivity index (χ1v) is 6.70. The third kappa shape index (κ3) is 2.39. The van der Waals surface area contributed by atoms with Crippen molar-refractivity contribution in [1.82, 2.24) is 9.78 Å². The zero-order valence-electron chi connectivity index (χ0n) is 11.2. The van der Waals surface area contributed by atoms with Gasteiger partial charge in [-0.05, 0) is 30.7 Å². The molecular formula is C14H24N2O. The van der Waals surface area contributed by atoms with E-state index in [0.717, 1.165) is 37.8 Å². The van der Waals surface area contributed by atoms with E-state index in [4.69, 9.17) is 0 Å². The number of rotatable bonds is 3. The van der Waals surface area contributed by atoms with Gasteiger partial charge < -0.3 is 5.11 Å². The number of hydrogen-bond donors (Lipinski definition) is 1. The molecule has 1 aromatic heterocycles. The van der Waals surface area contributed by atoms with Gasteiger partial charge in [0.2, 0.25) is 0 Å². The Morgan fingerprint density at radius 3 is 2.65 bits per heavy atom. The van der Waals surface area contributed by atoms with Crippen LogP contribution in [0.5, 0.6) is 0 Å². The molecule has 96 valence electrons. The van der Waals surface area contributed by atoms with Crippen molar-refractivity contribution in [2.24, 2.45) is 5.41 Å². The molecule has 1 saturated carbocycles. The highest BCUT2D eigenvalue weighted by atomic mass is 16.3. The first kappa shape index (κ1) is 12.6. The maximum atomic E-state index is 10.9.